The van der Waals surface area contributed by atoms with Gasteiger partial charge >= 0.3 is 5.97 Å². The Hall–Kier alpha value is -1.36. The Morgan fingerprint density at radius 1 is 1.53 bits per heavy atom. The van der Waals surface area contributed by atoms with Crippen LogP contribution in [0.3, 0.4) is 0 Å². The highest BCUT2D eigenvalue weighted by atomic mass is 79.9. The zero-order valence-corrected chi connectivity index (χ0v) is 12.6. The topological polar surface area (TPSA) is 46.6 Å². The highest BCUT2D eigenvalue weighted by Gasteiger charge is 2.36. The summed E-state index contributed by atoms with van der Waals surface area (Å²) in [5.74, 6) is -0.660. The van der Waals surface area contributed by atoms with E-state index in [9.17, 15) is 9.59 Å². The molecule has 102 valence electrons. The van der Waals surface area contributed by atoms with E-state index in [-0.39, 0.29) is 24.2 Å². The van der Waals surface area contributed by atoms with Crippen LogP contribution in [0.1, 0.15) is 18.9 Å². The fraction of sp³-hybridized carbons (Fsp3) is 0.429. The van der Waals surface area contributed by atoms with Crippen LogP contribution in [0.25, 0.3) is 0 Å². The van der Waals surface area contributed by atoms with Crippen molar-refractivity contribution in [3.05, 3.63) is 28.2 Å². The molecule has 1 fully saturated rings. The Kier molecular flexibility index (Phi) is 4.24. The Morgan fingerprint density at radius 2 is 2.26 bits per heavy atom. The maximum absolute atomic E-state index is 12.0. The number of rotatable bonds is 3. The molecule has 1 aliphatic heterocycles. The molecule has 1 saturated heterocycles. The van der Waals surface area contributed by atoms with E-state index in [4.69, 9.17) is 4.74 Å². The minimum Gasteiger partial charge on any atom is -0.466 e. The molecule has 1 aromatic carbocycles. The van der Waals surface area contributed by atoms with Crippen LogP contribution in [0.2, 0.25) is 0 Å². The molecule has 0 radical (unpaired) electrons. The van der Waals surface area contributed by atoms with E-state index in [2.05, 4.69) is 15.9 Å². The van der Waals surface area contributed by atoms with Crippen molar-refractivity contribution in [2.45, 2.75) is 20.3 Å². The summed E-state index contributed by atoms with van der Waals surface area (Å²) >= 11 is 3.40. The monoisotopic (exact) mass is 325 g/mol. The number of amides is 1. The second-order valence-corrected chi connectivity index (χ2v) is 5.50. The van der Waals surface area contributed by atoms with E-state index >= 15 is 0 Å². The normalized spacial score (nSPS) is 18.8. The fourth-order valence-electron chi connectivity index (χ4n) is 2.28. The minimum atomic E-state index is -0.351. The number of anilines is 1. The number of hydrogen-bond donors (Lipinski definition) is 0. The van der Waals surface area contributed by atoms with Crippen molar-refractivity contribution in [2.75, 3.05) is 18.1 Å². The molecule has 0 N–H and O–H groups in total. The van der Waals surface area contributed by atoms with E-state index in [0.29, 0.717) is 13.2 Å². The fourth-order valence-corrected chi connectivity index (χ4v) is 2.76. The summed E-state index contributed by atoms with van der Waals surface area (Å²) in [6, 6.07) is 5.75. The highest BCUT2D eigenvalue weighted by Crippen LogP contribution is 2.30. The van der Waals surface area contributed by atoms with Gasteiger partial charge in [0.25, 0.3) is 0 Å². The number of benzene rings is 1. The summed E-state index contributed by atoms with van der Waals surface area (Å²) in [4.78, 5) is 25.4. The molecule has 19 heavy (non-hydrogen) atoms. The standard InChI is InChI=1S/C14H16BrNO3/c1-3-19-14(18)10-7-13(17)16(8-10)12-5-4-11(15)6-9(12)2/h4-6,10H,3,7-8H2,1-2H3/t10-/m0/s1. The van der Waals surface area contributed by atoms with Gasteiger partial charge in [-0.05, 0) is 37.6 Å². The lowest BCUT2D eigenvalue weighted by Crippen LogP contribution is -2.27. The van der Waals surface area contributed by atoms with Crippen LogP contribution in [0.4, 0.5) is 5.69 Å². The maximum atomic E-state index is 12.0. The zero-order chi connectivity index (χ0) is 14.0. The van der Waals surface area contributed by atoms with Gasteiger partial charge in [-0.15, -0.1) is 0 Å². The summed E-state index contributed by atoms with van der Waals surface area (Å²) < 4.78 is 5.96. The number of nitrogens with zero attached hydrogens (tertiary/aromatic N) is 1. The average Bonchev–Trinajstić information content (AvgIpc) is 2.72. The number of hydrogen-bond acceptors (Lipinski definition) is 3. The molecule has 0 aromatic heterocycles. The molecule has 1 aliphatic rings. The van der Waals surface area contributed by atoms with Gasteiger partial charge in [-0.25, -0.2) is 0 Å². The number of esters is 1. The predicted molar refractivity (Wildman–Crippen MR) is 76.0 cm³/mol. The third-order valence-corrected chi connectivity index (χ3v) is 3.69. The molecule has 0 spiro atoms. The Balaban J connectivity index is 2.18. The predicted octanol–water partition coefficient (Wildman–Crippen LogP) is 2.67. The van der Waals surface area contributed by atoms with Gasteiger partial charge < -0.3 is 9.64 Å². The van der Waals surface area contributed by atoms with Crippen LogP contribution in [0.15, 0.2) is 22.7 Å². The van der Waals surface area contributed by atoms with Gasteiger partial charge in [-0.1, -0.05) is 15.9 Å². The summed E-state index contributed by atoms with van der Waals surface area (Å²) in [5, 5.41) is 0. The molecule has 1 atom stereocenters. The molecule has 0 saturated carbocycles. The van der Waals surface area contributed by atoms with Crippen LogP contribution in [-0.2, 0) is 14.3 Å². The molecule has 4 nitrogen and oxygen atoms in total. The quantitative estimate of drug-likeness (QED) is 0.803. The molecule has 0 unspecified atom stereocenters. The van der Waals surface area contributed by atoms with E-state index in [1.165, 1.54) is 0 Å². The first-order valence-corrected chi connectivity index (χ1v) is 7.05. The van der Waals surface area contributed by atoms with Crippen LogP contribution in [0.5, 0.6) is 0 Å². The number of ether oxygens (including phenoxy) is 1. The first-order chi connectivity index (χ1) is 9.02. The van der Waals surface area contributed by atoms with Gasteiger partial charge in [0.05, 0.1) is 12.5 Å². The Morgan fingerprint density at radius 3 is 2.89 bits per heavy atom. The second kappa shape index (κ2) is 5.74. The van der Waals surface area contributed by atoms with Crippen molar-refractivity contribution in [1.82, 2.24) is 0 Å². The smallest absolute Gasteiger partial charge is 0.311 e. The van der Waals surface area contributed by atoms with E-state index < -0.39 is 0 Å². The van der Waals surface area contributed by atoms with Gasteiger partial charge in [0, 0.05) is 23.1 Å². The minimum absolute atomic E-state index is 0.0246. The summed E-state index contributed by atoms with van der Waals surface area (Å²) in [6.07, 6.45) is 0.230. The molecule has 2 rings (SSSR count). The molecule has 1 heterocycles. The third kappa shape index (κ3) is 2.97. The molecule has 0 bridgehead atoms. The SMILES string of the molecule is CCOC(=O)[C@H]1CC(=O)N(c2ccc(Br)cc2C)C1. The van der Waals surface area contributed by atoms with Gasteiger partial charge in [-0.3, -0.25) is 9.59 Å². The van der Waals surface area contributed by atoms with Crippen LogP contribution >= 0.6 is 15.9 Å². The lowest BCUT2D eigenvalue weighted by molar-refractivity contribution is -0.147. The summed E-state index contributed by atoms with van der Waals surface area (Å²) in [5.41, 5.74) is 1.87. The largest absolute Gasteiger partial charge is 0.466 e. The first kappa shape index (κ1) is 14.1. The van der Waals surface area contributed by atoms with Crippen molar-refractivity contribution in [3.8, 4) is 0 Å². The first-order valence-electron chi connectivity index (χ1n) is 6.26. The number of carbonyl (C=O) groups excluding carboxylic acids is 2. The second-order valence-electron chi connectivity index (χ2n) is 4.59. The molecule has 1 amide bonds. The van der Waals surface area contributed by atoms with Crippen molar-refractivity contribution in [2.24, 2.45) is 5.92 Å². The Labute approximate surface area is 120 Å². The van der Waals surface area contributed by atoms with Gasteiger partial charge in [0.1, 0.15) is 0 Å². The highest BCUT2D eigenvalue weighted by molar-refractivity contribution is 9.10. The maximum Gasteiger partial charge on any atom is 0.311 e. The lowest BCUT2D eigenvalue weighted by Gasteiger charge is -2.19. The van der Waals surface area contributed by atoms with E-state index in [1.807, 2.05) is 25.1 Å². The lowest BCUT2D eigenvalue weighted by atomic mass is 10.1. The Bertz CT molecular complexity index is 515. The molecule has 5 heteroatoms. The van der Waals surface area contributed by atoms with Crippen molar-refractivity contribution < 1.29 is 14.3 Å². The van der Waals surface area contributed by atoms with Gasteiger partial charge in [0.2, 0.25) is 5.91 Å². The van der Waals surface area contributed by atoms with Crippen LogP contribution in [0, 0.1) is 12.8 Å². The van der Waals surface area contributed by atoms with E-state index in [0.717, 1.165) is 15.7 Å². The van der Waals surface area contributed by atoms with Crippen molar-refractivity contribution in [3.63, 3.8) is 0 Å². The summed E-state index contributed by atoms with van der Waals surface area (Å²) in [6.45, 7) is 4.47. The van der Waals surface area contributed by atoms with E-state index in [1.54, 1.807) is 11.8 Å². The van der Waals surface area contributed by atoms with Crippen molar-refractivity contribution >= 4 is 33.5 Å². The molecular weight excluding hydrogens is 310 g/mol. The number of aryl methyl sites for hydroxylation is 1. The third-order valence-electron chi connectivity index (χ3n) is 3.19. The van der Waals surface area contributed by atoms with Crippen LogP contribution < -0.4 is 4.90 Å². The molecular formula is C14H16BrNO3. The van der Waals surface area contributed by atoms with Gasteiger partial charge in [-0.2, -0.15) is 0 Å². The van der Waals surface area contributed by atoms with Crippen LogP contribution in [-0.4, -0.2) is 25.0 Å². The van der Waals surface area contributed by atoms with Crippen molar-refractivity contribution in [1.29, 1.82) is 0 Å². The van der Waals surface area contributed by atoms with Gasteiger partial charge in [0.15, 0.2) is 0 Å². The zero-order valence-electron chi connectivity index (χ0n) is 11.0. The number of halogens is 1. The molecule has 1 aromatic rings. The number of carbonyl (C=O) groups is 2. The average molecular weight is 326 g/mol. The molecule has 0 aliphatic carbocycles. The summed E-state index contributed by atoms with van der Waals surface area (Å²) in [7, 11) is 0.